The third kappa shape index (κ3) is 5.37. The first-order chi connectivity index (χ1) is 16.4. The van der Waals surface area contributed by atoms with Crippen molar-refractivity contribution in [1.29, 1.82) is 5.41 Å². The number of hydrogen-bond acceptors (Lipinski definition) is 8. The summed E-state index contributed by atoms with van der Waals surface area (Å²) in [6.45, 7) is 7.73. The van der Waals surface area contributed by atoms with Gasteiger partial charge in [0.25, 0.3) is 0 Å². The number of nitrogens with two attached hydrogens (primary N) is 1. The third-order valence-electron chi connectivity index (χ3n) is 6.19. The molecular formula is C25H32N6O2S. The fourth-order valence-electron chi connectivity index (χ4n) is 4.59. The number of fused-ring (bicyclic) bond motifs is 3. The number of anilines is 3. The van der Waals surface area contributed by atoms with E-state index in [1.54, 1.807) is 22.6 Å². The first kappa shape index (κ1) is 24.1. The maximum atomic E-state index is 10.3. The number of nitrogens with zero attached hydrogens (tertiary/aromatic N) is 3. The smallest absolute Gasteiger partial charge is 0.209 e. The molecule has 34 heavy (non-hydrogen) atoms. The molecule has 3 aromatic rings. The minimum absolute atomic E-state index is 0.189. The van der Waals surface area contributed by atoms with Gasteiger partial charge in [0, 0.05) is 41.1 Å². The number of morpholine rings is 1. The van der Waals surface area contributed by atoms with E-state index >= 15 is 0 Å². The highest BCUT2D eigenvalue weighted by molar-refractivity contribution is 7.19. The van der Waals surface area contributed by atoms with Crippen LogP contribution in [0.15, 0.2) is 24.5 Å². The zero-order valence-corrected chi connectivity index (χ0v) is 20.7. The second-order valence-corrected chi connectivity index (χ2v) is 10.3. The fourth-order valence-corrected chi connectivity index (χ4v) is 5.94. The fraction of sp³-hybridized carbons (Fsp3) is 0.440. The number of thiophene rings is 1. The highest BCUT2D eigenvalue weighted by atomic mass is 32.1. The number of hydrogen-bond donors (Lipinski definition) is 3. The lowest BCUT2D eigenvalue weighted by molar-refractivity contribution is -0.130. The molecule has 3 atom stereocenters. The molecule has 1 fully saturated rings. The van der Waals surface area contributed by atoms with Crippen LogP contribution >= 0.6 is 11.3 Å². The number of nitrogens with one attached hydrogen (secondary N) is 2. The van der Waals surface area contributed by atoms with Crippen LogP contribution in [0.25, 0.3) is 10.2 Å². The molecule has 1 aliphatic heterocycles. The molecule has 0 spiro atoms. The lowest BCUT2D eigenvalue weighted by Gasteiger charge is -2.32. The van der Waals surface area contributed by atoms with E-state index in [0.717, 1.165) is 60.0 Å². The molecule has 1 aliphatic carbocycles. The number of aryl methyl sites for hydroxylation is 1. The van der Waals surface area contributed by atoms with Crippen molar-refractivity contribution < 1.29 is 9.53 Å². The summed E-state index contributed by atoms with van der Waals surface area (Å²) >= 11 is 1.79. The molecular weight excluding hydrogens is 448 g/mol. The summed E-state index contributed by atoms with van der Waals surface area (Å²) < 4.78 is 5.42. The number of nitrogen functional groups attached to an aromatic ring is 1. The van der Waals surface area contributed by atoms with Gasteiger partial charge in [-0.05, 0) is 62.8 Å². The minimum Gasteiger partial charge on any atom is -0.398 e. The third-order valence-corrected chi connectivity index (χ3v) is 7.36. The van der Waals surface area contributed by atoms with Crippen molar-refractivity contribution in [2.75, 3.05) is 24.1 Å². The normalized spacial score (nSPS) is 21.9. The summed E-state index contributed by atoms with van der Waals surface area (Å²) in [5.74, 6) is 1.58. The Hall–Kier alpha value is -3.04. The average Bonchev–Trinajstić information content (AvgIpc) is 3.18. The summed E-state index contributed by atoms with van der Waals surface area (Å²) in [4.78, 5) is 23.5. The molecule has 1 aromatic carbocycles. The van der Waals surface area contributed by atoms with E-state index < -0.39 is 0 Å². The van der Waals surface area contributed by atoms with Gasteiger partial charge in [0.1, 0.15) is 17.0 Å². The molecule has 0 saturated carbocycles. The van der Waals surface area contributed by atoms with Gasteiger partial charge >= 0.3 is 0 Å². The van der Waals surface area contributed by atoms with E-state index in [1.807, 2.05) is 32.0 Å². The van der Waals surface area contributed by atoms with E-state index in [1.165, 1.54) is 23.1 Å². The van der Waals surface area contributed by atoms with Crippen molar-refractivity contribution in [3.63, 3.8) is 0 Å². The van der Waals surface area contributed by atoms with Gasteiger partial charge in [0.2, 0.25) is 6.41 Å². The Morgan fingerprint density at radius 2 is 2.00 bits per heavy atom. The molecule has 9 heteroatoms. The number of benzene rings is 1. The van der Waals surface area contributed by atoms with E-state index in [4.69, 9.17) is 15.9 Å². The number of rotatable bonds is 4. The van der Waals surface area contributed by atoms with Crippen molar-refractivity contribution in [2.24, 2.45) is 5.92 Å². The Kier molecular flexibility index (Phi) is 7.43. The summed E-state index contributed by atoms with van der Waals surface area (Å²) in [5.41, 5.74) is 9.45. The number of ether oxygens (including phenoxy) is 1. The number of carbonyl (C=O) groups excluding carboxylic acids is 1. The lowest BCUT2D eigenvalue weighted by Crippen LogP contribution is -2.44. The van der Waals surface area contributed by atoms with Crippen molar-refractivity contribution in [3.05, 3.63) is 40.5 Å². The van der Waals surface area contributed by atoms with Crippen molar-refractivity contribution in [2.45, 2.75) is 52.2 Å². The maximum Gasteiger partial charge on any atom is 0.209 e. The van der Waals surface area contributed by atoms with Gasteiger partial charge in [0.15, 0.2) is 0 Å². The molecule has 3 heterocycles. The second-order valence-electron chi connectivity index (χ2n) is 9.18. The van der Waals surface area contributed by atoms with Crippen LogP contribution in [0.4, 0.5) is 17.2 Å². The molecule has 4 N–H and O–H groups in total. The Morgan fingerprint density at radius 1 is 1.24 bits per heavy atom. The van der Waals surface area contributed by atoms with Gasteiger partial charge in [-0.25, -0.2) is 9.97 Å². The molecule has 1 saturated heterocycles. The highest BCUT2D eigenvalue weighted by Gasteiger charge is 2.23. The van der Waals surface area contributed by atoms with Crippen LogP contribution in [0, 0.1) is 11.3 Å². The second kappa shape index (κ2) is 10.5. The molecule has 180 valence electrons. The summed E-state index contributed by atoms with van der Waals surface area (Å²) in [7, 11) is 0. The van der Waals surface area contributed by atoms with Gasteiger partial charge in [-0.15, -0.1) is 11.3 Å². The highest BCUT2D eigenvalue weighted by Crippen LogP contribution is 2.40. The molecule has 2 aromatic heterocycles. The Labute approximate surface area is 204 Å². The largest absolute Gasteiger partial charge is 0.398 e. The van der Waals surface area contributed by atoms with Crippen molar-refractivity contribution in [1.82, 2.24) is 14.9 Å². The molecule has 3 unspecified atom stereocenters. The summed E-state index contributed by atoms with van der Waals surface area (Å²) in [5, 5.41) is 12.0. The van der Waals surface area contributed by atoms with Gasteiger partial charge in [-0.3, -0.25) is 4.79 Å². The maximum absolute atomic E-state index is 10.3. The molecule has 0 bridgehead atoms. The first-order valence-corrected chi connectivity index (χ1v) is 12.5. The van der Waals surface area contributed by atoms with E-state index in [9.17, 15) is 4.79 Å². The van der Waals surface area contributed by atoms with Crippen LogP contribution in [-0.2, 0) is 22.4 Å². The van der Waals surface area contributed by atoms with E-state index in [2.05, 4.69) is 22.2 Å². The van der Waals surface area contributed by atoms with Crippen molar-refractivity contribution in [3.8, 4) is 0 Å². The average molecular weight is 481 g/mol. The predicted octanol–water partition coefficient (Wildman–Crippen LogP) is 4.39. The summed E-state index contributed by atoms with van der Waals surface area (Å²) in [6, 6.07) is 5.60. The Bertz CT molecular complexity index is 1170. The Balaban J connectivity index is 0.000000231. The summed E-state index contributed by atoms with van der Waals surface area (Å²) in [6.07, 6.45) is 7.58. The van der Waals surface area contributed by atoms with Gasteiger partial charge in [-0.2, -0.15) is 0 Å². The Morgan fingerprint density at radius 3 is 2.71 bits per heavy atom. The molecule has 5 rings (SSSR count). The predicted molar refractivity (Wildman–Crippen MR) is 138 cm³/mol. The van der Waals surface area contributed by atoms with Crippen LogP contribution in [-0.4, -0.2) is 52.8 Å². The van der Waals surface area contributed by atoms with Crippen molar-refractivity contribution >= 4 is 51.4 Å². The van der Waals surface area contributed by atoms with Crippen LogP contribution in [0.5, 0.6) is 0 Å². The molecule has 2 aliphatic rings. The zero-order valence-electron chi connectivity index (χ0n) is 19.9. The quantitative estimate of drug-likeness (QED) is 0.290. The first-order valence-electron chi connectivity index (χ1n) is 11.6. The standard InChI is InChI=1S/C18H19N5S.C7H13NO2/c1-10-2-4-13-15(6-10)24-18-16(13)17(21-9-22-18)23-12-3-5-14(20)11(7-12)8-19;1-6-3-8(5-9)4-7(2)10-6/h3,5,7-10,19H,2,4,6,20H2,1H3,(H,21,22,23);5-7H,3-4H2,1-2H3. The lowest BCUT2D eigenvalue weighted by atomic mass is 9.89. The van der Waals surface area contributed by atoms with Gasteiger partial charge in [-0.1, -0.05) is 6.92 Å². The molecule has 8 nitrogen and oxygen atoms in total. The minimum atomic E-state index is 0.189. The van der Waals surface area contributed by atoms with Crippen LogP contribution in [0.1, 0.15) is 43.2 Å². The molecule has 0 radical (unpaired) electrons. The number of aromatic nitrogens is 2. The van der Waals surface area contributed by atoms with Crippen LogP contribution in [0.3, 0.4) is 0 Å². The van der Waals surface area contributed by atoms with Crippen LogP contribution in [0.2, 0.25) is 0 Å². The topological polar surface area (TPSA) is 117 Å². The zero-order chi connectivity index (χ0) is 24.2. The van der Waals surface area contributed by atoms with Crippen LogP contribution < -0.4 is 11.1 Å². The number of carbonyl (C=O) groups is 1. The van der Waals surface area contributed by atoms with E-state index in [-0.39, 0.29) is 12.2 Å². The van der Waals surface area contributed by atoms with Gasteiger partial charge < -0.3 is 26.1 Å². The van der Waals surface area contributed by atoms with E-state index in [0.29, 0.717) is 11.3 Å². The number of amides is 1. The monoisotopic (exact) mass is 480 g/mol. The van der Waals surface area contributed by atoms with Gasteiger partial charge in [0.05, 0.1) is 17.6 Å². The SMILES string of the molecule is CC1CCc2c(sc3ncnc(Nc4ccc(N)c(C=N)c4)c23)C1.CC1CN(C=O)CC(C)O1. The molecule has 1 amide bonds.